The molecule has 10 heteroatoms. The molecule has 1 aromatic carbocycles. The van der Waals surface area contributed by atoms with E-state index in [4.69, 9.17) is 5.73 Å². The lowest BCUT2D eigenvalue weighted by Gasteiger charge is -2.31. The van der Waals surface area contributed by atoms with Crippen molar-refractivity contribution in [3.05, 3.63) is 35.9 Å². The minimum Gasteiger partial charge on any atom is -0.368 e. The molecule has 0 bridgehead atoms. The first kappa shape index (κ1) is 30.8. The average Bonchev–Trinajstić information content (AvgIpc) is 3.38. The molecule has 1 heterocycles. The van der Waals surface area contributed by atoms with E-state index in [2.05, 4.69) is 16.0 Å². The lowest BCUT2D eigenvalue weighted by atomic mass is 9.94. The van der Waals surface area contributed by atoms with Gasteiger partial charge in [-0.2, -0.15) is 0 Å². The molecular formula is C28H43N5O5. The van der Waals surface area contributed by atoms with Crippen LogP contribution in [0.4, 0.5) is 0 Å². The molecule has 1 aliphatic rings. The Morgan fingerprint density at radius 3 is 2.11 bits per heavy atom. The van der Waals surface area contributed by atoms with Crippen LogP contribution < -0.4 is 21.7 Å². The van der Waals surface area contributed by atoms with E-state index in [-0.39, 0.29) is 23.7 Å². The Balaban J connectivity index is 2.20. The van der Waals surface area contributed by atoms with Gasteiger partial charge in [-0.1, -0.05) is 70.9 Å². The van der Waals surface area contributed by atoms with E-state index in [0.29, 0.717) is 38.6 Å². The summed E-state index contributed by atoms with van der Waals surface area (Å²) in [6.45, 7) is 9.21. The first-order valence-corrected chi connectivity index (χ1v) is 13.5. The van der Waals surface area contributed by atoms with E-state index in [1.807, 2.05) is 58.0 Å². The van der Waals surface area contributed by atoms with Crippen molar-refractivity contribution in [1.29, 1.82) is 0 Å². The number of carbonyl (C=O) groups excluding carboxylic acids is 5. The highest BCUT2D eigenvalue weighted by Crippen LogP contribution is 2.21. The van der Waals surface area contributed by atoms with Crippen LogP contribution in [0.2, 0.25) is 0 Å². The fraction of sp³-hybridized carbons (Fsp3) is 0.607. The predicted molar refractivity (Wildman–Crippen MR) is 144 cm³/mol. The van der Waals surface area contributed by atoms with Gasteiger partial charge < -0.3 is 26.6 Å². The Morgan fingerprint density at radius 1 is 0.947 bits per heavy atom. The second kappa shape index (κ2) is 14.5. The smallest absolute Gasteiger partial charge is 0.246 e. The van der Waals surface area contributed by atoms with E-state index < -0.39 is 41.9 Å². The highest BCUT2D eigenvalue weighted by Gasteiger charge is 2.40. The topological polar surface area (TPSA) is 151 Å². The number of hydrogen-bond donors (Lipinski definition) is 4. The zero-order chi connectivity index (χ0) is 28.4. The largest absolute Gasteiger partial charge is 0.368 e. The molecule has 6 atom stereocenters. The van der Waals surface area contributed by atoms with Gasteiger partial charge in [-0.15, -0.1) is 0 Å². The third-order valence-electron chi connectivity index (χ3n) is 7.41. The molecule has 0 aliphatic carbocycles. The van der Waals surface area contributed by atoms with E-state index in [9.17, 15) is 24.0 Å². The van der Waals surface area contributed by atoms with Crippen LogP contribution in [0.15, 0.2) is 30.3 Å². The summed E-state index contributed by atoms with van der Waals surface area (Å²) in [4.78, 5) is 65.5. The second-order valence-electron chi connectivity index (χ2n) is 10.3. The summed E-state index contributed by atoms with van der Waals surface area (Å²) in [7, 11) is 0. The predicted octanol–water partition coefficient (Wildman–Crippen LogP) is 1.27. The Bertz CT molecular complexity index is 985. The fourth-order valence-electron chi connectivity index (χ4n) is 4.72. The Morgan fingerprint density at radius 2 is 1.55 bits per heavy atom. The first-order valence-electron chi connectivity index (χ1n) is 13.5. The monoisotopic (exact) mass is 529 g/mol. The van der Waals surface area contributed by atoms with Crippen molar-refractivity contribution in [2.75, 3.05) is 6.54 Å². The second-order valence-corrected chi connectivity index (χ2v) is 10.3. The number of primary amides is 1. The van der Waals surface area contributed by atoms with E-state index in [1.54, 1.807) is 0 Å². The summed E-state index contributed by atoms with van der Waals surface area (Å²) in [5.41, 5.74) is 6.41. The van der Waals surface area contributed by atoms with E-state index in [0.717, 1.165) is 5.56 Å². The standard InChI is InChI=1S/C28H43N5O5/c1-6-17(3)23(25(29)35)31-27(37)24(18(4)7-2)32-26(36)22-14-11-15-33(22)28(38)21(30-19(5)34)16-20-12-9-8-10-13-20/h8-10,12-13,17-18,21-24H,6-7,11,14-16H2,1-5H3,(H2,29,35)(H,30,34)(H,31,37)(H,32,36)/t17-,18-,21-,22-,23-,24-/m0/s1. The molecule has 1 fully saturated rings. The highest BCUT2D eigenvalue weighted by molar-refractivity contribution is 5.95. The minimum atomic E-state index is -0.897. The van der Waals surface area contributed by atoms with Gasteiger partial charge in [0, 0.05) is 19.9 Å². The zero-order valence-corrected chi connectivity index (χ0v) is 23.2. The summed E-state index contributed by atoms with van der Waals surface area (Å²) in [5.74, 6) is -2.60. The number of carbonyl (C=O) groups is 5. The molecule has 0 spiro atoms. The molecule has 5 N–H and O–H groups in total. The van der Waals surface area contributed by atoms with Crippen LogP contribution >= 0.6 is 0 Å². The minimum absolute atomic E-state index is 0.164. The van der Waals surface area contributed by atoms with Crippen LogP contribution in [0.1, 0.15) is 65.9 Å². The van der Waals surface area contributed by atoms with Gasteiger partial charge in [-0.25, -0.2) is 0 Å². The molecule has 10 nitrogen and oxygen atoms in total. The average molecular weight is 530 g/mol. The Hall–Kier alpha value is -3.43. The maximum absolute atomic E-state index is 13.5. The van der Waals surface area contributed by atoms with Crippen LogP contribution in [0.5, 0.6) is 0 Å². The number of likely N-dealkylation sites (tertiary alicyclic amines) is 1. The third kappa shape index (κ3) is 8.29. The van der Waals surface area contributed by atoms with Crippen molar-refractivity contribution in [2.45, 2.75) is 90.9 Å². The summed E-state index contributed by atoms with van der Waals surface area (Å²) in [6.07, 6.45) is 2.62. The lowest BCUT2D eigenvalue weighted by Crippen LogP contribution is -2.59. The van der Waals surface area contributed by atoms with Crippen LogP contribution in [0, 0.1) is 11.8 Å². The van der Waals surface area contributed by atoms with Crippen molar-refractivity contribution in [3.8, 4) is 0 Å². The molecular weight excluding hydrogens is 486 g/mol. The van der Waals surface area contributed by atoms with Gasteiger partial charge >= 0.3 is 0 Å². The molecule has 0 unspecified atom stereocenters. The lowest BCUT2D eigenvalue weighted by molar-refractivity contribution is -0.142. The van der Waals surface area contributed by atoms with Gasteiger partial charge in [-0.3, -0.25) is 24.0 Å². The molecule has 1 aliphatic heterocycles. The van der Waals surface area contributed by atoms with Crippen molar-refractivity contribution in [1.82, 2.24) is 20.9 Å². The summed E-state index contributed by atoms with van der Waals surface area (Å²) in [6, 6.07) is 6.02. The number of benzene rings is 1. The highest BCUT2D eigenvalue weighted by atomic mass is 16.2. The van der Waals surface area contributed by atoms with Crippen molar-refractivity contribution in [3.63, 3.8) is 0 Å². The number of rotatable bonds is 13. The number of amides is 5. The van der Waals surface area contributed by atoms with E-state index in [1.165, 1.54) is 11.8 Å². The van der Waals surface area contributed by atoms with Crippen molar-refractivity contribution >= 4 is 29.5 Å². The van der Waals surface area contributed by atoms with Crippen LogP contribution in [0.3, 0.4) is 0 Å². The van der Waals surface area contributed by atoms with Gasteiger partial charge in [0.05, 0.1) is 0 Å². The van der Waals surface area contributed by atoms with Crippen LogP contribution in [0.25, 0.3) is 0 Å². The number of nitrogens with one attached hydrogen (secondary N) is 3. The van der Waals surface area contributed by atoms with Gasteiger partial charge in [0.25, 0.3) is 0 Å². The van der Waals surface area contributed by atoms with Crippen molar-refractivity contribution in [2.24, 2.45) is 17.6 Å². The number of nitrogens with two attached hydrogens (primary N) is 1. The summed E-state index contributed by atoms with van der Waals surface area (Å²) < 4.78 is 0. The summed E-state index contributed by atoms with van der Waals surface area (Å²) in [5, 5.41) is 8.29. The number of hydrogen-bond acceptors (Lipinski definition) is 5. The molecule has 0 radical (unpaired) electrons. The maximum atomic E-state index is 13.5. The van der Waals surface area contributed by atoms with Crippen molar-refractivity contribution < 1.29 is 24.0 Å². The molecule has 210 valence electrons. The van der Waals surface area contributed by atoms with Gasteiger partial charge in [0.1, 0.15) is 24.2 Å². The molecule has 1 saturated heterocycles. The zero-order valence-electron chi connectivity index (χ0n) is 23.2. The van der Waals surface area contributed by atoms with Crippen LogP contribution in [-0.2, 0) is 30.4 Å². The van der Waals surface area contributed by atoms with Gasteiger partial charge in [-0.05, 0) is 30.2 Å². The molecule has 0 saturated carbocycles. The molecule has 5 amide bonds. The molecule has 2 rings (SSSR count). The maximum Gasteiger partial charge on any atom is 0.246 e. The summed E-state index contributed by atoms with van der Waals surface area (Å²) >= 11 is 0. The Labute approximate surface area is 225 Å². The normalized spacial score (nSPS) is 19.0. The van der Waals surface area contributed by atoms with Crippen LogP contribution in [-0.4, -0.2) is 65.1 Å². The van der Waals surface area contributed by atoms with E-state index >= 15 is 0 Å². The Kier molecular flexibility index (Phi) is 11.7. The third-order valence-corrected chi connectivity index (χ3v) is 7.41. The number of nitrogens with zero attached hydrogens (tertiary/aromatic N) is 1. The molecule has 38 heavy (non-hydrogen) atoms. The first-order chi connectivity index (χ1) is 18.0. The molecule has 1 aromatic rings. The quantitative estimate of drug-likeness (QED) is 0.303. The van der Waals surface area contributed by atoms with Gasteiger partial charge in [0.15, 0.2) is 0 Å². The fourth-order valence-corrected chi connectivity index (χ4v) is 4.72. The molecule has 0 aromatic heterocycles. The SMILES string of the molecule is CC[C@H](C)[C@H](NC(=O)[C@@H](NC(=O)[C@@H]1CCCN1C(=O)[C@H](Cc1ccccc1)NC(C)=O)[C@@H](C)CC)C(N)=O. The van der Waals surface area contributed by atoms with Gasteiger partial charge in [0.2, 0.25) is 29.5 Å².